The maximum absolute atomic E-state index is 12.3. The fourth-order valence-corrected chi connectivity index (χ4v) is 2.76. The summed E-state index contributed by atoms with van der Waals surface area (Å²) in [4.78, 5) is 15.5. The number of fused-ring (bicyclic) bond motifs is 1. The number of methoxy groups -OCH3 is 1. The van der Waals surface area contributed by atoms with E-state index in [4.69, 9.17) is 9.47 Å². The Hall–Kier alpha value is -2.01. The first-order valence-corrected chi connectivity index (χ1v) is 7.25. The Morgan fingerprint density at radius 1 is 1.52 bits per heavy atom. The van der Waals surface area contributed by atoms with Crippen molar-refractivity contribution in [3.8, 4) is 5.75 Å². The molecular weight excluding hydrogens is 268 g/mol. The number of carbonyl (C=O) groups excluding carboxylic acids is 1. The standard InChI is InChI=1S/C16H20N2O3/c1-10-13-8-11(20-2)5-6-14(13)18-15(10)16(19)17-9-12-4-3-7-21-12/h5-6,8,12,18H,3-4,7,9H2,1-2H3,(H,17,19)/t12-/m0/s1. The third kappa shape index (κ3) is 2.74. The maximum Gasteiger partial charge on any atom is 0.268 e. The molecule has 0 spiro atoms. The Morgan fingerprint density at radius 3 is 3.10 bits per heavy atom. The third-order valence-corrected chi connectivity index (χ3v) is 4.01. The molecule has 5 nitrogen and oxygen atoms in total. The number of rotatable bonds is 4. The van der Waals surface area contributed by atoms with Gasteiger partial charge >= 0.3 is 0 Å². The number of ether oxygens (including phenoxy) is 2. The highest BCUT2D eigenvalue weighted by molar-refractivity contribution is 6.01. The molecule has 1 atom stereocenters. The number of hydrogen-bond acceptors (Lipinski definition) is 3. The van der Waals surface area contributed by atoms with Crippen LogP contribution in [0.15, 0.2) is 18.2 Å². The molecule has 3 rings (SSSR count). The molecule has 1 aliphatic heterocycles. The van der Waals surface area contributed by atoms with E-state index >= 15 is 0 Å². The first kappa shape index (κ1) is 13.9. The fourth-order valence-electron chi connectivity index (χ4n) is 2.76. The molecule has 0 radical (unpaired) electrons. The van der Waals surface area contributed by atoms with Crippen LogP contribution in [0.5, 0.6) is 5.75 Å². The lowest BCUT2D eigenvalue weighted by Crippen LogP contribution is -2.32. The molecular formula is C16H20N2O3. The molecule has 2 heterocycles. The summed E-state index contributed by atoms with van der Waals surface area (Å²) in [5, 5.41) is 3.96. The number of benzene rings is 1. The minimum atomic E-state index is -0.0850. The molecule has 1 saturated heterocycles. The van der Waals surface area contributed by atoms with Crippen LogP contribution in [-0.2, 0) is 4.74 Å². The van der Waals surface area contributed by atoms with Crippen molar-refractivity contribution in [3.63, 3.8) is 0 Å². The maximum atomic E-state index is 12.3. The van der Waals surface area contributed by atoms with Crippen LogP contribution in [-0.4, -0.2) is 37.3 Å². The molecule has 1 aromatic carbocycles. The Labute approximate surface area is 123 Å². The lowest BCUT2D eigenvalue weighted by Gasteiger charge is -2.10. The first-order valence-electron chi connectivity index (χ1n) is 7.25. The number of nitrogens with one attached hydrogen (secondary N) is 2. The van der Waals surface area contributed by atoms with Gasteiger partial charge in [-0.15, -0.1) is 0 Å². The summed E-state index contributed by atoms with van der Waals surface area (Å²) in [5.74, 6) is 0.703. The molecule has 1 fully saturated rings. The van der Waals surface area contributed by atoms with Crippen molar-refractivity contribution in [2.45, 2.75) is 25.9 Å². The third-order valence-electron chi connectivity index (χ3n) is 4.01. The van der Waals surface area contributed by atoms with Gasteiger partial charge in [-0.05, 0) is 43.5 Å². The zero-order chi connectivity index (χ0) is 14.8. The Kier molecular flexibility index (Phi) is 3.84. The van der Waals surface area contributed by atoms with Gasteiger partial charge in [0.2, 0.25) is 0 Å². The number of carbonyl (C=O) groups is 1. The quantitative estimate of drug-likeness (QED) is 0.908. The van der Waals surface area contributed by atoms with E-state index < -0.39 is 0 Å². The number of amides is 1. The summed E-state index contributed by atoms with van der Waals surface area (Å²) in [6, 6.07) is 5.75. The molecule has 0 saturated carbocycles. The van der Waals surface area contributed by atoms with Gasteiger partial charge < -0.3 is 19.8 Å². The van der Waals surface area contributed by atoms with Gasteiger partial charge in [0.05, 0.1) is 13.2 Å². The second kappa shape index (κ2) is 5.77. The van der Waals surface area contributed by atoms with Crippen molar-refractivity contribution in [3.05, 3.63) is 29.5 Å². The monoisotopic (exact) mass is 288 g/mol. The summed E-state index contributed by atoms with van der Waals surface area (Å²) in [7, 11) is 1.64. The number of aryl methyl sites for hydroxylation is 1. The molecule has 5 heteroatoms. The molecule has 1 aromatic heterocycles. The average molecular weight is 288 g/mol. The van der Waals surface area contributed by atoms with Crippen LogP contribution in [0.4, 0.5) is 0 Å². The highest BCUT2D eigenvalue weighted by atomic mass is 16.5. The summed E-state index contributed by atoms with van der Waals surface area (Å²) < 4.78 is 10.7. The number of aromatic amines is 1. The largest absolute Gasteiger partial charge is 0.497 e. The Bertz CT molecular complexity index is 657. The van der Waals surface area contributed by atoms with Crippen molar-refractivity contribution in [1.29, 1.82) is 0 Å². The summed E-state index contributed by atoms with van der Waals surface area (Å²) in [5.41, 5.74) is 2.49. The van der Waals surface area contributed by atoms with Gasteiger partial charge in [0.1, 0.15) is 11.4 Å². The highest BCUT2D eigenvalue weighted by Crippen LogP contribution is 2.26. The van der Waals surface area contributed by atoms with E-state index in [0.29, 0.717) is 12.2 Å². The van der Waals surface area contributed by atoms with Gasteiger partial charge in [0.15, 0.2) is 0 Å². The minimum absolute atomic E-state index is 0.0850. The second-order valence-corrected chi connectivity index (χ2v) is 5.38. The van der Waals surface area contributed by atoms with Crippen LogP contribution in [0.3, 0.4) is 0 Å². The topological polar surface area (TPSA) is 63.4 Å². The first-order chi connectivity index (χ1) is 10.2. The molecule has 0 unspecified atom stereocenters. The number of H-pyrrole nitrogens is 1. The van der Waals surface area contributed by atoms with E-state index in [1.54, 1.807) is 7.11 Å². The summed E-state index contributed by atoms with van der Waals surface area (Å²) >= 11 is 0. The normalized spacial score (nSPS) is 18.1. The lowest BCUT2D eigenvalue weighted by atomic mass is 10.1. The van der Waals surface area contributed by atoms with Gasteiger partial charge in [0, 0.05) is 24.1 Å². The van der Waals surface area contributed by atoms with E-state index in [1.165, 1.54) is 0 Å². The molecule has 21 heavy (non-hydrogen) atoms. The summed E-state index contributed by atoms with van der Waals surface area (Å²) in [6.45, 7) is 3.31. The number of aromatic nitrogens is 1. The van der Waals surface area contributed by atoms with Crippen LogP contribution >= 0.6 is 0 Å². The molecule has 112 valence electrons. The zero-order valence-electron chi connectivity index (χ0n) is 12.4. The predicted octanol–water partition coefficient (Wildman–Crippen LogP) is 2.39. The van der Waals surface area contributed by atoms with E-state index in [2.05, 4.69) is 10.3 Å². The fraction of sp³-hybridized carbons (Fsp3) is 0.438. The van der Waals surface area contributed by atoms with Crippen LogP contribution in [0.25, 0.3) is 10.9 Å². The minimum Gasteiger partial charge on any atom is -0.497 e. The van der Waals surface area contributed by atoms with Crippen LogP contribution in [0.1, 0.15) is 28.9 Å². The second-order valence-electron chi connectivity index (χ2n) is 5.38. The molecule has 2 N–H and O–H groups in total. The van der Waals surface area contributed by atoms with Crippen molar-refractivity contribution >= 4 is 16.8 Å². The Morgan fingerprint density at radius 2 is 2.38 bits per heavy atom. The van der Waals surface area contributed by atoms with E-state index in [0.717, 1.165) is 41.7 Å². The SMILES string of the molecule is COc1ccc2[nH]c(C(=O)NC[C@@H]3CCCO3)c(C)c2c1. The van der Waals surface area contributed by atoms with Crippen molar-refractivity contribution in [2.75, 3.05) is 20.3 Å². The van der Waals surface area contributed by atoms with Crippen LogP contribution < -0.4 is 10.1 Å². The Balaban J connectivity index is 1.79. The van der Waals surface area contributed by atoms with Gasteiger partial charge in [-0.25, -0.2) is 0 Å². The predicted molar refractivity (Wildman–Crippen MR) is 80.9 cm³/mol. The molecule has 0 bridgehead atoms. The van der Waals surface area contributed by atoms with Gasteiger partial charge in [-0.3, -0.25) is 4.79 Å². The average Bonchev–Trinajstić information content (AvgIpc) is 3.13. The van der Waals surface area contributed by atoms with Crippen molar-refractivity contribution < 1.29 is 14.3 Å². The van der Waals surface area contributed by atoms with Crippen molar-refractivity contribution in [1.82, 2.24) is 10.3 Å². The van der Waals surface area contributed by atoms with Gasteiger partial charge in [-0.1, -0.05) is 0 Å². The van der Waals surface area contributed by atoms with E-state index in [-0.39, 0.29) is 12.0 Å². The highest BCUT2D eigenvalue weighted by Gasteiger charge is 2.19. The van der Waals surface area contributed by atoms with Gasteiger partial charge in [-0.2, -0.15) is 0 Å². The number of hydrogen-bond donors (Lipinski definition) is 2. The molecule has 1 aliphatic rings. The van der Waals surface area contributed by atoms with Crippen LogP contribution in [0.2, 0.25) is 0 Å². The van der Waals surface area contributed by atoms with E-state index in [9.17, 15) is 4.79 Å². The molecule has 2 aromatic rings. The van der Waals surface area contributed by atoms with E-state index in [1.807, 2.05) is 25.1 Å². The lowest BCUT2D eigenvalue weighted by molar-refractivity contribution is 0.0854. The van der Waals surface area contributed by atoms with Crippen molar-refractivity contribution in [2.24, 2.45) is 0 Å². The van der Waals surface area contributed by atoms with Crippen LogP contribution in [0, 0.1) is 6.92 Å². The summed E-state index contributed by atoms with van der Waals surface area (Å²) in [6.07, 6.45) is 2.24. The molecule has 0 aliphatic carbocycles. The molecule has 1 amide bonds. The smallest absolute Gasteiger partial charge is 0.268 e. The van der Waals surface area contributed by atoms with Gasteiger partial charge in [0.25, 0.3) is 5.91 Å². The zero-order valence-corrected chi connectivity index (χ0v) is 12.4.